The number of benzene rings is 2. The van der Waals surface area contributed by atoms with E-state index in [9.17, 15) is 4.79 Å². The van der Waals surface area contributed by atoms with Gasteiger partial charge in [-0.05, 0) is 49.7 Å². The van der Waals surface area contributed by atoms with Crippen molar-refractivity contribution in [2.24, 2.45) is 0 Å². The Hall–Kier alpha value is -3.62. The number of H-pyrrole nitrogens is 1. The number of carbonyl (C=O) groups excluding carboxylic acids is 1. The van der Waals surface area contributed by atoms with Gasteiger partial charge in [-0.25, -0.2) is 0 Å². The van der Waals surface area contributed by atoms with Gasteiger partial charge in [0.2, 0.25) is 5.69 Å². The van der Waals surface area contributed by atoms with Gasteiger partial charge in [0.05, 0.1) is 24.7 Å². The van der Waals surface area contributed by atoms with Crippen molar-refractivity contribution in [3.8, 4) is 11.1 Å². The van der Waals surface area contributed by atoms with Crippen LogP contribution in [-0.4, -0.2) is 55.3 Å². The van der Waals surface area contributed by atoms with E-state index in [1.807, 2.05) is 59.2 Å². The van der Waals surface area contributed by atoms with E-state index < -0.39 is 0 Å². The Kier molecular flexibility index (Phi) is 7.06. The third kappa shape index (κ3) is 4.87. The third-order valence-electron chi connectivity index (χ3n) is 6.55. The predicted octanol–water partition coefficient (Wildman–Crippen LogP) is 3.98. The molecule has 0 atom stereocenters. The van der Waals surface area contributed by atoms with Crippen LogP contribution in [0, 0.1) is 0 Å². The smallest absolute Gasteiger partial charge is 0.295 e. The van der Waals surface area contributed by atoms with Gasteiger partial charge in [0.15, 0.2) is 0 Å². The lowest BCUT2D eigenvalue weighted by atomic mass is 10.1. The van der Waals surface area contributed by atoms with Crippen molar-refractivity contribution in [3.63, 3.8) is 0 Å². The Balaban J connectivity index is 1.52. The van der Waals surface area contributed by atoms with Gasteiger partial charge in [0, 0.05) is 48.8 Å². The largest absolute Gasteiger partial charge is 0.369 e. The Morgan fingerprint density at radius 3 is 2.64 bits per heavy atom. The lowest BCUT2D eigenvalue weighted by Crippen LogP contribution is -2.43. The number of aromatic nitrogens is 3. The van der Waals surface area contributed by atoms with Crippen molar-refractivity contribution in [1.82, 2.24) is 15.4 Å². The molecule has 3 heterocycles. The molecule has 1 amide bonds. The van der Waals surface area contributed by atoms with E-state index in [0.29, 0.717) is 16.4 Å². The predicted molar refractivity (Wildman–Crippen MR) is 145 cm³/mol. The summed E-state index contributed by atoms with van der Waals surface area (Å²) in [5.41, 5.74) is 4.68. The molecule has 1 aliphatic rings. The molecule has 1 aliphatic heterocycles. The summed E-state index contributed by atoms with van der Waals surface area (Å²) in [4.78, 5) is 22.8. The molecule has 8 nitrogen and oxygen atoms in total. The number of carbonyl (C=O) groups is 1. The van der Waals surface area contributed by atoms with Crippen LogP contribution in [0.3, 0.4) is 0 Å². The molecule has 0 radical (unpaired) electrons. The summed E-state index contributed by atoms with van der Waals surface area (Å²) in [7, 11) is 0. The first-order chi connectivity index (χ1) is 17.6. The minimum atomic E-state index is -0.249. The molecule has 36 heavy (non-hydrogen) atoms. The Morgan fingerprint density at radius 1 is 1.11 bits per heavy atom. The van der Waals surface area contributed by atoms with Crippen molar-refractivity contribution in [3.05, 3.63) is 71.5 Å². The summed E-state index contributed by atoms with van der Waals surface area (Å²) in [5.74, 6) is 0.625. The van der Waals surface area contributed by atoms with Crippen LogP contribution < -0.4 is 24.9 Å². The summed E-state index contributed by atoms with van der Waals surface area (Å²) in [6.45, 7) is 9.58. The fourth-order valence-electron chi connectivity index (χ4n) is 4.66. The second-order valence-corrected chi connectivity index (χ2v) is 9.21. The fraction of sp³-hybridized carbons (Fsp3) is 0.296. The molecule has 0 bridgehead atoms. The maximum Gasteiger partial charge on any atom is 0.295 e. The van der Waals surface area contributed by atoms with E-state index in [4.69, 9.17) is 16.6 Å². The molecule has 0 saturated carbocycles. The zero-order valence-electron chi connectivity index (χ0n) is 20.6. The van der Waals surface area contributed by atoms with Crippen LogP contribution in [0.1, 0.15) is 24.3 Å². The normalized spacial score (nSPS) is 13.7. The standard InChI is InChI=1S/C27H30ClN7O/c1-3-33(4-2)25-17-24(32-26-23(18-30-35(25)26)19-7-5-8-20(28)15-19)27(36)31-21-9-6-10-22(16-21)34-13-11-29-12-14-34/h5-10,15-18,29H,3-4,11-14H2,1-2H3,(H,31,36)/p+1. The number of nitrogens with one attached hydrogen (secondary N) is 3. The van der Waals surface area contributed by atoms with Gasteiger partial charge >= 0.3 is 0 Å². The van der Waals surface area contributed by atoms with Gasteiger partial charge in [0.25, 0.3) is 17.4 Å². The van der Waals surface area contributed by atoms with Crippen LogP contribution in [0.25, 0.3) is 16.8 Å². The average Bonchev–Trinajstić information content (AvgIpc) is 3.34. The summed E-state index contributed by atoms with van der Waals surface area (Å²) in [5, 5.41) is 10.4. The number of nitrogens with zero attached hydrogens (tertiary/aromatic N) is 4. The van der Waals surface area contributed by atoms with Gasteiger partial charge in [-0.2, -0.15) is 0 Å². The van der Waals surface area contributed by atoms with Crippen molar-refractivity contribution in [2.75, 3.05) is 54.4 Å². The van der Waals surface area contributed by atoms with Crippen molar-refractivity contribution in [2.45, 2.75) is 13.8 Å². The van der Waals surface area contributed by atoms with E-state index in [-0.39, 0.29) is 5.91 Å². The first-order valence-electron chi connectivity index (χ1n) is 12.4. The Labute approximate surface area is 215 Å². The molecular weight excluding hydrogens is 474 g/mol. The molecule has 4 aromatic rings. The minimum Gasteiger partial charge on any atom is -0.369 e. The molecule has 3 N–H and O–H groups in total. The Bertz CT molecular complexity index is 1380. The molecule has 2 aromatic carbocycles. The number of anilines is 3. The molecule has 186 valence electrons. The van der Waals surface area contributed by atoms with Crippen LogP contribution >= 0.6 is 11.6 Å². The highest BCUT2D eigenvalue weighted by Gasteiger charge is 2.25. The van der Waals surface area contributed by atoms with E-state index in [2.05, 4.69) is 45.4 Å². The van der Waals surface area contributed by atoms with Gasteiger partial charge in [-0.3, -0.25) is 14.8 Å². The lowest BCUT2D eigenvalue weighted by Gasteiger charge is -2.29. The van der Waals surface area contributed by atoms with Crippen LogP contribution in [0.15, 0.2) is 60.8 Å². The SMILES string of the molecule is CCN(CC)c1cc(C(=O)Nc2cccc(N3CCNCC3)c2)nc2c(-c3cccc(Cl)c3)c[nH][n+]12. The molecule has 1 saturated heterocycles. The number of rotatable bonds is 7. The van der Waals surface area contributed by atoms with Gasteiger partial charge in [-0.15, -0.1) is 4.52 Å². The highest BCUT2D eigenvalue weighted by molar-refractivity contribution is 6.30. The number of amides is 1. The number of fused-ring (bicyclic) bond motifs is 1. The molecule has 9 heteroatoms. The van der Waals surface area contributed by atoms with E-state index in [0.717, 1.165) is 67.6 Å². The van der Waals surface area contributed by atoms with Crippen molar-refractivity contribution >= 4 is 40.3 Å². The van der Waals surface area contributed by atoms with Crippen LogP contribution in [-0.2, 0) is 0 Å². The molecule has 5 rings (SSSR count). The van der Waals surface area contributed by atoms with Crippen molar-refractivity contribution < 1.29 is 9.31 Å². The van der Waals surface area contributed by atoms with E-state index >= 15 is 0 Å². The Morgan fingerprint density at radius 2 is 1.89 bits per heavy atom. The van der Waals surface area contributed by atoms with Crippen LogP contribution in [0.4, 0.5) is 17.2 Å². The monoisotopic (exact) mass is 504 g/mol. The summed E-state index contributed by atoms with van der Waals surface area (Å²) >= 11 is 6.26. The minimum absolute atomic E-state index is 0.249. The average molecular weight is 505 g/mol. The number of hydrogen-bond donors (Lipinski definition) is 3. The molecule has 2 aromatic heterocycles. The summed E-state index contributed by atoms with van der Waals surface area (Å²) in [6.07, 6.45) is 1.90. The summed E-state index contributed by atoms with van der Waals surface area (Å²) in [6, 6.07) is 17.5. The second kappa shape index (κ2) is 10.6. The zero-order chi connectivity index (χ0) is 25.1. The van der Waals surface area contributed by atoms with Crippen molar-refractivity contribution in [1.29, 1.82) is 0 Å². The number of hydrogen-bond acceptors (Lipinski definition) is 5. The maximum atomic E-state index is 13.5. The highest BCUT2D eigenvalue weighted by atomic mass is 35.5. The van der Waals surface area contributed by atoms with Crippen LogP contribution in [0.5, 0.6) is 0 Å². The van der Waals surface area contributed by atoms with E-state index in [1.54, 1.807) is 0 Å². The van der Waals surface area contributed by atoms with Gasteiger partial charge in [-0.1, -0.05) is 34.8 Å². The first-order valence-corrected chi connectivity index (χ1v) is 12.8. The maximum absolute atomic E-state index is 13.5. The fourth-order valence-corrected chi connectivity index (χ4v) is 4.85. The number of piperazine rings is 1. The summed E-state index contributed by atoms with van der Waals surface area (Å²) < 4.78 is 1.92. The second-order valence-electron chi connectivity index (χ2n) is 8.77. The quantitative estimate of drug-likeness (QED) is 0.332. The molecule has 1 fully saturated rings. The van der Waals surface area contributed by atoms with Gasteiger partial charge < -0.3 is 15.5 Å². The van der Waals surface area contributed by atoms with E-state index in [1.165, 1.54) is 0 Å². The first kappa shape index (κ1) is 24.1. The highest BCUT2D eigenvalue weighted by Crippen LogP contribution is 2.26. The number of halogens is 1. The molecule has 0 aliphatic carbocycles. The third-order valence-corrected chi connectivity index (χ3v) is 6.79. The lowest BCUT2D eigenvalue weighted by molar-refractivity contribution is -0.565. The van der Waals surface area contributed by atoms with Crippen LogP contribution in [0.2, 0.25) is 5.02 Å². The zero-order valence-corrected chi connectivity index (χ0v) is 21.3. The topological polar surface area (TPSA) is 80.4 Å². The van der Waals surface area contributed by atoms with Gasteiger partial charge in [0.1, 0.15) is 0 Å². The number of aromatic amines is 1. The molecule has 0 spiro atoms. The molecule has 0 unspecified atom stereocenters. The molecular formula is C27H31ClN7O+.